The van der Waals surface area contributed by atoms with Gasteiger partial charge in [-0.3, -0.25) is 4.79 Å². The first-order valence-corrected chi connectivity index (χ1v) is 10.8. The molecular formula is C22H20ClN7O. The summed E-state index contributed by atoms with van der Waals surface area (Å²) >= 11 is 6.02. The second-order valence-corrected chi connectivity index (χ2v) is 8.43. The third kappa shape index (κ3) is 3.28. The highest BCUT2D eigenvalue weighted by molar-refractivity contribution is 6.30. The molecule has 31 heavy (non-hydrogen) atoms. The van der Waals surface area contributed by atoms with Crippen LogP contribution in [0.15, 0.2) is 47.5 Å². The minimum Gasteiger partial charge on any atom is -0.324 e. The van der Waals surface area contributed by atoms with Crippen LogP contribution >= 0.6 is 11.6 Å². The van der Waals surface area contributed by atoms with Gasteiger partial charge in [0.05, 0.1) is 11.1 Å². The number of pyridine rings is 1. The Kier molecular flexibility index (Phi) is 4.29. The second kappa shape index (κ2) is 7.18. The summed E-state index contributed by atoms with van der Waals surface area (Å²) in [5.74, 6) is 1.05. The average Bonchev–Trinajstić information content (AvgIpc) is 3.59. The first-order valence-electron chi connectivity index (χ1n) is 10.4. The molecular weight excluding hydrogens is 414 g/mol. The Balaban J connectivity index is 1.45. The van der Waals surface area contributed by atoms with Crippen LogP contribution in [0, 0.1) is 0 Å². The molecule has 0 radical (unpaired) electrons. The Morgan fingerprint density at radius 1 is 1.10 bits per heavy atom. The van der Waals surface area contributed by atoms with E-state index in [0.717, 1.165) is 38.0 Å². The molecule has 0 saturated heterocycles. The predicted octanol–water partition coefficient (Wildman–Crippen LogP) is 3.35. The largest absolute Gasteiger partial charge is 0.324 e. The standard InChI is InChI=1S/C22H20ClN7O/c23-15-2-6-19(25-11-15)30-20-18(21(31)29(30)17-4-5-17)12-26-22(28-20)27-16-3-1-14-10-24-8-7-13(14)9-16/h1-3,6,9,11-12,17,24H,4-5,7-8,10H2,(H,26,27,28). The molecule has 9 heteroatoms. The molecule has 8 nitrogen and oxygen atoms in total. The van der Waals surface area contributed by atoms with Crippen LogP contribution in [0.3, 0.4) is 0 Å². The van der Waals surface area contributed by atoms with Crippen molar-refractivity contribution in [2.75, 3.05) is 11.9 Å². The maximum atomic E-state index is 13.1. The topological polar surface area (TPSA) is 89.7 Å². The fourth-order valence-electron chi connectivity index (χ4n) is 4.11. The third-order valence-corrected chi connectivity index (χ3v) is 6.02. The molecule has 0 bridgehead atoms. The Morgan fingerprint density at radius 3 is 2.81 bits per heavy atom. The van der Waals surface area contributed by atoms with E-state index in [4.69, 9.17) is 16.6 Å². The molecule has 0 spiro atoms. The Hall–Kier alpha value is -3.23. The monoisotopic (exact) mass is 433 g/mol. The third-order valence-electron chi connectivity index (χ3n) is 5.79. The minimum absolute atomic E-state index is 0.0953. The smallest absolute Gasteiger partial charge is 0.278 e. The van der Waals surface area contributed by atoms with Crippen LogP contribution in [0.4, 0.5) is 11.6 Å². The van der Waals surface area contributed by atoms with Crippen LogP contribution < -0.4 is 16.2 Å². The summed E-state index contributed by atoms with van der Waals surface area (Å²) in [4.78, 5) is 26.6. The molecule has 2 N–H and O–H groups in total. The number of hydrogen-bond donors (Lipinski definition) is 2. The van der Waals surface area contributed by atoms with Gasteiger partial charge in [0.25, 0.3) is 5.56 Å². The van der Waals surface area contributed by atoms with Crippen LogP contribution in [0.1, 0.15) is 30.0 Å². The van der Waals surface area contributed by atoms with Gasteiger partial charge in [-0.15, -0.1) is 0 Å². The molecule has 0 atom stereocenters. The molecule has 1 aromatic carbocycles. The van der Waals surface area contributed by atoms with Gasteiger partial charge in [-0.2, -0.15) is 4.98 Å². The molecule has 1 aliphatic carbocycles. The van der Waals surface area contributed by atoms with Crippen molar-refractivity contribution in [2.24, 2.45) is 0 Å². The van der Waals surface area contributed by atoms with Crippen molar-refractivity contribution < 1.29 is 0 Å². The summed E-state index contributed by atoms with van der Waals surface area (Å²) in [6, 6.07) is 10.0. The van der Waals surface area contributed by atoms with E-state index in [0.29, 0.717) is 27.8 Å². The normalized spacial score (nSPS) is 15.8. The SMILES string of the molecule is O=c1c2cnc(Nc3ccc4c(c3)CCNC4)nc2n(-c2ccc(Cl)cn2)n1C1CC1. The summed E-state index contributed by atoms with van der Waals surface area (Å²) < 4.78 is 3.53. The van der Waals surface area contributed by atoms with Gasteiger partial charge in [0.1, 0.15) is 5.39 Å². The Labute approximate surface area is 182 Å². The van der Waals surface area contributed by atoms with E-state index in [9.17, 15) is 4.79 Å². The van der Waals surface area contributed by atoms with Gasteiger partial charge >= 0.3 is 0 Å². The zero-order valence-electron chi connectivity index (χ0n) is 16.7. The average molecular weight is 434 g/mol. The highest BCUT2D eigenvalue weighted by atomic mass is 35.5. The van der Waals surface area contributed by atoms with Crippen molar-refractivity contribution in [2.45, 2.75) is 31.8 Å². The predicted molar refractivity (Wildman–Crippen MR) is 119 cm³/mol. The lowest BCUT2D eigenvalue weighted by Gasteiger charge is -2.18. The van der Waals surface area contributed by atoms with Gasteiger partial charge in [-0.05, 0) is 61.2 Å². The molecule has 3 aromatic heterocycles. The van der Waals surface area contributed by atoms with Crippen molar-refractivity contribution in [1.29, 1.82) is 0 Å². The number of halogens is 1. The van der Waals surface area contributed by atoms with E-state index in [2.05, 4.69) is 32.7 Å². The molecule has 2 aliphatic rings. The number of benzene rings is 1. The van der Waals surface area contributed by atoms with Crippen LogP contribution in [-0.2, 0) is 13.0 Å². The molecule has 4 heterocycles. The van der Waals surface area contributed by atoms with Gasteiger partial charge in [0.2, 0.25) is 5.95 Å². The minimum atomic E-state index is -0.0953. The molecule has 0 unspecified atom stereocenters. The van der Waals surface area contributed by atoms with E-state index in [1.54, 1.807) is 33.9 Å². The highest BCUT2D eigenvalue weighted by Gasteiger charge is 2.31. The molecule has 0 amide bonds. The van der Waals surface area contributed by atoms with Crippen molar-refractivity contribution in [1.82, 2.24) is 29.6 Å². The van der Waals surface area contributed by atoms with Gasteiger partial charge in [0, 0.05) is 24.6 Å². The van der Waals surface area contributed by atoms with Crippen LogP contribution in [0.25, 0.3) is 16.9 Å². The summed E-state index contributed by atoms with van der Waals surface area (Å²) in [7, 11) is 0. The highest BCUT2D eigenvalue weighted by Crippen LogP contribution is 2.35. The number of rotatable bonds is 4. The van der Waals surface area contributed by atoms with Gasteiger partial charge in [-0.25, -0.2) is 19.3 Å². The summed E-state index contributed by atoms with van der Waals surface area (Å²) in [6.07, 6.45) is 6.10. The number of aromatic nitrogens is 5. The second-order valence-electron chi connectivity index (χ2n) is 7.99. The number of nitrogens with one attached hydrogen (secondary N) is 2. The number of nitrogens with zero attached hydrogens (tertiary/aromatic N) is 5. The van der Waals surface area contributed by atoms with Crippen molar-refractivity contribution >= 4 is 34.3 Å². The van der Waals surface area contributed by atoms with Crippen molar-refractivity contribution in [3.8, 4) is 5.82 Å². The van der Waals surface area contributed by atoms with Gasteiger partial charge < -0.3 is 10.6 Å². The fourth-order valence-corrected chi connectivity index (χ4v) is 4.22. The molecule has 1 saturated carbocycles. The lowest BCUT2D eigenvalue weighted by molar-refractivity contribution is 0.553. The van der Waals surface area contributed by atoms with E-state index >= 15 is 0 Å². The molecule has 1 fully saturated rings. The maximum absolute atomic E-state index is 13.1. The summed E-state index contributed by atoms with van der Waals surface area (Å²) in [6.45, 7) is 1.88. The van der Waals surface area contributed by atoms with Crippen LogP contribution in [-0.4, -0.2) is 30.9 Å². The lowest BCUT2D eigenvalue weighted by Crippen LogP contribution is -2.23. The number of anilines is 2. The maximum Gasteiger partial charge on any atom is 0.278 e. The van der Waals surface area contributed by atoms with Crippen molar-refractivity contribution in [3.63, 3.8) is 0 Å². The van der Waals surface area contributed by atoms with E-state index in [-0.39, 0.29) is 11.6 Å². The Bertz CT molecular complexity index is 1360. The molecule has 1 aliphatic heterocycles. The first kappa shape index (κ1) is 18.5. The van der Waals surface area contributed by atoms with E-state index in [1.165, 1.54) is 11.1 Å². The Morgan fingerprint density at radius 2 is 2.00 bits per heavy atom. The van der Waals surface area contributed by atoms with Crippen LogP contribution in [0.5, 0.6) is 0 Å². The number of fused-ring (bicyclic) bond motifs is 2. The van der Waals surface area contributed by atoms with Crippen molar-refractivity contribution in [3.05, 3.63) is 69.2 Å². The summed E-state index contributed by atoms with van der Waals surface area (Å²) in [5, 5.41) is 7.70. The molecule has 4 aromatic rings. The zero-order chi connectivity index (χ0) is 20.9. The van der Waals surface area contributed by atoms with Crippen LogP contribution in [0.2, 0.25) is 5.02 Å². The molecule has 156 valence electrons. The number of hydrogen-bond acceptors (Lipinski definition) is 6. The zero-order valence-corrected chi connectivity index (χ0v) is 17.4. The van der Waals surface area contributed by atoms with Gasteiger partial charge in [0.15, 0.2) is 11.5 Å². The molecule has 6 rings (SSSR count). The lowest BCUT2D eigenvalue weighted by atomic mass is 10.0. The summed E-state index contributed by atoms with van der Waals surface area (Å²) in [5.41, 5.74) is 4.01. The van der Waals surface area contributed by atoms with E-state index in [1.807, 2.05) is 6.07 Å². The quantitative estimate of drug-likeness (QED) is 0.513. The fraction of sp³-hybridized carbons (Fsp3) is 0.273. The van der Waals surface area contributed by atoms with Gasteiger partial charge in [-0.1, -0.05) is 17.7 Å². The van der Waals surface area contributed by atoms with E-state index < -0.39 is 0 Å². The first-order chi connectivity index (χ1) is 15.2.